The number of carbonyl (C=O) groups excluding carboxylic acids is 2. The van der Waals surface area contributed by atoms with Crippen molar-refractivity contribution in [3.63, 3.8) is 0 Å². The number of benzene rings is 2. The summed E-state index contributed by atoms with van der Waals surface area (Å²) in [5, 5.41) is 6.22. The van der Waals surface area contributed by atoms with Crippen LogP contribution in [0.5, 0.6) is 0 Å². The van der Waals surface area contributed by atoms with Gasteiger partial charge in [0.25, 0.3) is 0 Å². The van der Waals surface area contributed by atoms with Gasteiger partial charge in [-0.25, -0.2) is 4.79 Å². The number of carbonyl (C=O) groups is 2. The Kier molecular flexibility index (Phi) is 7.36. The Morgan fingerprint density at radius 1 is 1.00 bits per heavy atom. The first-order chi connectivity index (χ1) is 12.5. The van der Waals surface area contributed by atoms with Gasteiger partial charge in [-0.15, -0.1) is 0 Å². The Bertz CT molecular complexity index is 712. The predicted molar refractivity (Wildman–Crippen MR) is 102 cm³/mol. The Labute approximate surface area is 154 Å². The van der Waals surface area contributed by atoms with E-state index in [1.807, 2.05) is 18.2 Å². The van der Waals surface area contributed by atoms with Gasteiger partial charge in [0.05, 0.1) is 19.2 Å². The summed E-state index contributed by atoms with van der Waals surface area (Å²) in [6, 6.07) is 17.2. The summed E-state index contributed by atoms with van der Waals surface area (Å²) in [7, 11) is 1.35. The highest BCUT2D eigenvalue weighted by Gasteiger charge is 2.16. The van der Waals surface area contributed by atoms with Crippen molar-refractivity contribution >= 4 is 11.9 Å². The number of hydrogen-bond acceptors (Lipinski definition) is 4. The summed E-state index contributed by atoms with van der Waals surface area (Å²) >= 11 is 0. The predicted octanol–water partition coefficient (Wildman–Crippen LogP) is 3.08. The number of esters is 1. The molecule has 1 atom stereocenters. The molecule has 0 unspecified atom stereocenters. The third-order valence-corrected chi connectivity index (χ3v) is 4.17. The Balaban J connectivity index is 1.83. The van der Waals surface area contributed by atoms with E-state index < -0.39 is 0 Å². The first-order valence-corrected chi connectivity index (χ1v) is 8.73. The summed E-state index contributed by atoms with van der Waals surface area (Å²) in [4.78, 5) is 23.6. The summed E-state index contributed by atoms with van der Waals surface area (Å²) in [6.45, 7) is 4.93. The fourth-order valence-corrected chi connectivity index (χ4v) is 2.74. The van der Waals surface area contributed by atoms with E-state index in [9.17, 15) is 9.59 Å². The number of methoxy groups -OCH3 is 1. The molecular formula is C21H26N2O3. The molecule has 0 fully saturated rings. The minimum absolute atomic E-state index is 0.0661. The van der Waals surface area contributed by atoms with E-state index in [1.165, 1.54) is 12.7 Å². The number of rotatable bonds is 8. The molecule has 0 radical (unpaired) electrons. The summed E-state index contributed by atoms with van der Waals surface area (Å²) in [6.07, 6.45) is 0. The molecule has 0 aliphatic rings. The fourth-order valence-electron chi connectivity index (χ4n) is 2.74. The van der Waals surface area contributed by atoms with Gasteiger partial charge in [-0.3, -0.25) is 4.79 Å². The second-order valence-corrected chi connectivity index (χ2v) is 6.48. The highest BCUT2D eigenvalue weighted by atomic mass is 16.5. The van der Waals surface area contributed by atoms with Crippen molar-refractivity contribution in [1.82, 2.24) is 10.6 Å². The van der Waals surface area contributed by atoms with Gasteiger partial charge in [0.15, 0.2) is 0 Å². The van der Waals surface area contributed by atoms with Crippen molar-refractivity contribution in [3.8, 4) is 0 Å². The molecule has 138 valence electrons. The molecule has 5 heteroatoms. The number of nitrogens with one attached hydrogen (secondary N) is 2. The van der Waals surface area contributed by atoms with E-state index in [0.29, 0.717) is 18.0 Å². The van der Waals surface area contributed by atoms with Crippen LogP contribution in [0.1, 0.15) is 41.4 Å². The maximum atomic E-state index is 12.1. The molecular weight excluding hydrogens is 328 g/mol. The average Bonchev–Trinajstić information content (AvgIpc) is 2.67. The molecule has 2 aromatic rings. The summed E-state index contributed by atoms with van der Waals surface area (Å²) in [5.41, 5.74) is 2.59. The molecule has 26 heavy (non-hydrogen) atoms. The zero-order chi connectivity index (χ0) is 18.9. The van der Waals surface area contributed by atoms with Crippen molar-refractivity contribution in [2.45, 2.75) is 26.4 Å². The molecule has 0 aliphatic carbocycles. The lowest BCUT2D eigenvalue weighted by atomic mass is 9.96. The molecule has 0 aromatic heterocycles. The van der Waals surface area contributed by atoms with Crippen molar-refractivity contribution < 1.29 is 14.3 Å². The topological polar surface area (TPSA) is 67.4 Å². The van der Waals surface area contributed by atoms with Gasteiger partial charge in [-0.1, -0.05) is 56.3 Å². The quantitative estimate of drug-likeness (QED) is 0.715. The highest BCUT2D eigenvalue weighted by Crippen LogP contribution is 2.20. The summed E-state index contributed by atoms with van der Waals surface area (Å²) < 4.78 is 4.67. The Morgan fingerprint density at radius 2 is 1.65 bits per heavy atom. The molecule has 0 spiro atoms. The smallest absolute Gasteiger partial charge is 0.337 e. The van der Waals surface area contributed by atoms with E-state index in [-0.39, 0.29) is 24.5 Å². The summed E-state index contributed by atoms with van der Waals surface area (Å²) in [5.74, 6) is -0.0647. The zero-order valence-electron chi connectivity index (χ0n) is 15.5. The monoisotopic (exact) mass is 354 g/mol. The third kappa shape index (κ3) is 5.70. The van der Waals surface area contributed by atoms with Gasteiger partial charge < -0.3 is 15.4 Å². The maximum Gasteiger partial charge on any atom is 0.337 e. The molecule has 0 saturated carbocycles. The standard InChI is InChI=1S/C21H26N2O3/c1-15(2)20(17-7-5-4-6-8-17)23-14-19(24)22-13-16-9-11-18(12-10-16)21(25)26-3/h4-12,15,20,23H,13-14H2,1-3H3,(H,22,24)/t20-/m0/s1. The Hall–Kier alpha value is -2.66. The first kappa shape index (κ1) is 19.7. The van der Waals surface area contributed by atoms with E-state index in [1.54, 1.807) is 24.3 Å². The van der Waals surface area contributed by atoms with Crippen molar-refractivity contribution in [2.75, 3.05) is 13.7 Å². The van der Waals surface area contributed by atoms with Crippen LogP contribution in [0, 0.1) is 5.92 Å². The first-order valence-electron chi connectivity index (χ1n) is 8.73. The van der Waals surface area contributed by atoms with Gasteiger partial charge >= 0.3 is 5.97 Å². The second-order valence-electron chi connectivity index (χ2n) is 6.48. The van der Waals surface area contributed by atoms with Crippen LogP contribution in [0.4, 0.5) is 0 Å². The van der Waals surface area contributed by atoms with Crippen LogP contribution in [0.15, 0.2) is 54.6 Å². The molecule has 0 bridgehead atoms. The molecule has 0 heterocycles. The zero-order valence-corrected chi connectivity index (χ0v) is 15.5. The van der Waals surface area contributed by atoms with Gasteiger partial charge in [-0.2, -0.15) is 0 Å². The van der Waals surface area contributed by atoms with Crippen molar-refractivity contribution in [1.29, 1.82) is 0 Å². The van der Waals surface area contributed by atoms with Crippen LogP contribution in [-0.4, -0.2) is 25.5 Å². The van der Waals surface area contributed by atoms with Gasteiger partial charge in [-0.05, 0) is 29.2 Å². The normalized spacial score (nSPS) is 11.8. The van der Waals surface area contributed by atoms with Crippen LogP contribution in [-0.2, 0) is 16.1 Å². The highest BCUT2D eigenvalue weighted by molar-refractivity contribution is 5.89. The molecule has 2 aromatic carbocycles. The third-order valence-electron chi connectivity index (χ3n) is 4.17. The van der Waals surface area contributed by atoms with E-state index in [2.05, 4.69) is 41.4 Å². The van der Waals surface area contributed by atoms with Crippen LogP contribution in [0.25, 0.3) is 0 Å². The van der Waals surface area contributed by atoms with Crippen LogP contribution >= 0.6 is 0 Å². The molecule has 0 aliphatic heterocycles. The van der Waals surface area contributed by atoms with Gasteiger partial charge in [0, 0.05) is 12.6 Å². The molecule has 2 N–H and O–H groups in total. The van der Waals surface area contributed by atoms with Crippen LogP contribution < -0.4 is 10.6 Å². The van der Waals surface area contributed by atoms with Crippen LogP contribution in [0.3, 0.4) is 0 Å². The SMILES string of the molecule is COC(=O)c1ccc(CNC(=O)CN[C@H](c2ccccc2)C(C)C)cc1. The molecule has 2 rings (SSSR count). The fraction of sp³-hybridized carbons (Fsp3) is 0.333. The number of amides is 1. The van der Waals surface area contributed by atoms with Gasteiger partial charge in [0.1, 0.15) is 0 Å². The Morgan fingerprint density at radius 3 is 2.23 bits per heavy atom. The average molecular weight is 354 g/mol. The second kappa shape index (κ2) is 9.73. The lowest BCUT2D eigenvalue weighted by Gasteiger charge is -2.22. The van der Waals surface area contributed by atoms with Crippen LogP contribution in [0.2, 0.25) is 0 Å². The number of hydrogen-bond donors (Lipinski definition) is 2. The van der Waals surface area contributed by atoms with E-state index >= 15 is 0 Å². The minimum atomic E-state index is -0.370. The largest absolute Gasteiger partial charge is 0.465 e. The minimum Gasteiger partial charge on any atom is -0.465 e. The van der Waals surface area contributed by atoms with E-state index in [4.69, 9.17) is 0 Å². The van der Waals surface area contributed by atoms with E-state index in [0.717, 1.165) is 5.56 Å². The molecule has 0 saturated heterocycles. The lowest BCUT2D eigenvalue weighted by Crippen LogP contribution is -2.37. The molecule has 1 amide bonds. The van der Waals surface area contributed by atoms with Crippen molar-refractivity contribution in [2.24, 2.45) is 5.92 Å². The number of ether oxygens (including phenoxy) is 1. The molecule has 5 nitrogen and oxygen atoms in total. The lowest BCUT2D eigenvalue weighted by molar-refractivity contribution is -0.120. The van der Waals surface area contributed by atoms with Crippen molar-refractivity contribution in [3.05, 3.63) is 71.3 Å². The maximum absolute atomic E-state index is 12.1. The van der Waals surface area contributed by atoms with Gasteiger partial charge in [0.2, 0.25) is 5.91 Å².